The Labute approximate surface area is 115 Å². The van der Waals surface area contributed by atoms with Gasteiger partial charge in [-0.15, -0.1) is 0 Å². The van der Waals surface area contributed by atoms with Gasteiger partial charge in [0.05, 0.1) is 6.61 Å². The van der Waals surface area contributed by atoms with Crippen LogP contribution in [0, 0.1) is 12.8 Å². The second kappa shape index (κ2) is 6.70. The molecule has 1 aliphatic rings. The number of rotatable bonds is 5. The first-order chi connectivity index (χ1) is 9.19. The van der Waals surface area contributed by atoms with Crippen molar-refractivity contribution >= 4 is 5.95 Å². The smallest absolute Gasteiger partial charge is 0.228 e. The lowest BCUT2D eigenvalue weighted by atomic mass is 9.99. The van der Waals surface area contributed by atoms with Crippen molar-refractivity contribution in [2.75, 3.05) is 38.2 Å². The molecule has 1 aliphatic heterocycles. The van der Waals surface area contributed by atoms with Crippen LogP contribution < -0.4 is 15.0 Å². The third-order valence-electron chi connectivity index (χ3n) is 3.38. The van der Waals surface area contributed by atoms with E-state index in [1.807, 2.05) is 19.9 Å². The van der Waals surface area contributed by atoms with E-state index in [1.165, 1.54) is 12.8 Å². The van der Waals surface area contributed by atoms with Crippen molar-refractivity contribution in [2.24, 2.45) is 5.92 Å². The van der Waals surface area contributed by atoms with Crippen molar-refractivity contribution in [3.8, 4) is 5.88 Å². The van der Waals surface area contributed by atoms with Crippen LogP contribution in [0.15, 0.2) is 6.07 Å². The number of anilines is 1. The highest BCUT2D eigenvalue weighted by Crippen LogP contribution is 2.17. The van der Waals surface area contributed by atoms with Gasteiger partial charge in [0.15, 0.2) is 0 Å². The Bertz CT molecular complexity index is 404. The first kappa shape index (κ1) is 14.1. The molecule has 0 spiro atoms. The fraction of sp³-hybridized carbons (Fsp3) is 0.714. The molecule has 0 saturated carbocycles. The monoisotopic (exact) mass is 264 g/mol. The van der Waals surface area contributed by atoms with Gasteiger partial charge in [0, 0.05) is 25.4 Å². The van der Waals surface area contributed by atoms with E-state index in [1.54, 1.807) is 0 Å². The molecule has 1 unspecified atom stereocenters. The molecule has 2 rings (SSSR count). The molecule has 0 aromatic carbocycles. The fourth-order valence-corrected chi connectivity index (χ4v) is 2.47. The number of aromatic nitrogens is 2. The fourth-order valence-electron chi connectivity index (χ4n) is 2.47. The summed E-state index contributed by atoms with van der Waals surface area (Å²) in [4.78, 5) is 11.1. The van der Waals surface area contributed by atoms with Gasteiger partial charge in [0.1, 0.15) is 0 Å². The molecule has 1 aromatic heterocycles. The van der Waals surface area contributed by atoms with E-state index in [9.17, 15) is 0 Å². The Morgan fingerprint density at radius 1 is 1.47 bits per heavy atom. The van der Waals surface area contributed by atoms with Crippen LogP contribution in [-0.2, 0) is 0 Å². The average molecular weight is 264 g/mol. The van der Waals surface area contributed by atoms with Gasteiger partial charge in [-0.25, -0.2) is 4.98 Å². The largest absolute Gasteiger partial charge is 0.478 e. The van der Waals surface area contributed by atoms with Crippen LogP contribution in [0.1, 0.15) is 25.5 Å². The predicted molar refractivity (Wildman–Crippen MR) is 76.8 cm³/mol. The Kier molecular flexibility index (Phi) is 4.96. The Morgan fingerprint density at radius 3 is 3.00 bits per heavy atom. The number of nitrogens with one attached hydrogen (secondary N) is 1. The van der Waals surface area contributed by atoms with Crippen molar-refractivity contribution in [1.82, 2.24) is 15.3 Å². The van der Waals surface area contributed by atoms with Gasteiger partial charge >= 0.3 is 0 Å². The molecule has 0 bridgehead atoms. The van der Waals surface area contributed by atoms with Crippen LogP contribution in [0.3, 0.4) is 0 Å². The molecule has 106 valence electrons. The average Bonchev–Trinajstić information content (AvgIpc) is 2.39. The molecule has 19 heavy (non-hydrogen) atoms. The third-order valence-corrected chi connectivity index (χ3v) is 3.38. The molecule has 0 aliphatic carbocycles. The Balaban J connectivity index is 2.02. The molecular formula is C14H24N4O. The number of hydrogen-bond donors (Lipinski definition) is 1. The zero-order valence-corrected chi connectivity index (χ0v) is 12.1. The van der Waals surface area contributed by atoms with Gasteiger partial charge in [0.2, 0.25) is 11.8 Å². The maximum Gasteiger partial charge on any atom is 0.228 e. The maximum atomic E-state index is 5.48. The first-order valence-corrected chi connectivity index (χ1v) is 7.09. The number of piperidine rings is 1. The minimum atomic E-state index is 0.631. The van der Waals surface area contributed by atoms with Crippen LogP contribution in [0.25, 0.3) is 0 Å². The van der Waals surface area contributed by atoms with Crippen LogP contribution in [0.4, 0.5) is 5.95 Å². The summed E-state index contributed by atoms with van der Waals surface area (Å²) < 4.78 is 5.48. The van der Waals surface area contributed by atoms with Gasteiger partial charge in [0.25, 0.3) is 0 Å². The summed E-state index contributed by atoms with van der Waals surface area (Å²) in [6.07, 6.45) is 2.54. The van der Waals surface area contributed by atoms with Crippen molar-refractivity contribution in [3.63, 3.8) is 0 Å². The van der Waals surface area contributed by atoms with Crippen LogP contribution >= 0.6 is 0 Å². The number of aryl methyl sites for hydroxylation is 1. The zero-order chi connectivity index (χ0) is 13.7. The second-order valence-electron chi connectivity index (χ2n) is 5.17. The lowest BCUT2D eigenvalue weighted by molar-refractivity contribution is 0.325. The van der Waals surface area contributed by atoms with Gasteiger partial charge in [-0.3, -0.25) is 0 Å². The molecule has 0 radical (unpaired) electrons. The van der Waals surface area contributed by atoms with Gasteiger partial charge in [-0.1, -0.05) is 0 Å². The number of ether oxygens (including phenoxy) is 1. The minimum Gasteiger partial charge on any atom is -0.478 e. The van der Waals surface area contributed by atoms with Crippen LogP contribution in [-0.4, -0.2) is 43.3 Å². The molecule has 2 heterocycles. The summed E-state index contributed by atoms with van der Waals surface area (Å²) in [5.41, 5.74) is 0.946. The van der Waals surface area contributed by atoms with Crippen molar-refractivity contribution in [3.05, 3.63) is 11.8 Å². The summed E-state index contributed by atoms with van der Waals surface area (Å²) in [5, 5.41) is 3.44. The van der Waals surface area contributed by atoms with E-state index >= 15 is 0 Å². The number of nitrogens with zero attached hydrogens (tertiary/aromatic N) is 3. The van der Waals surface area contributed by atoms with Gasteiger partial charge in [-0.05, 0) is 45.7 Å². The van der Waals surface area contributed by atoms with E-state index in [0.717, 1.165) is 31.3 Å². The molecule has 1 atom stereocenters. The van der Waals surface area contributed by atoms with Gasteiger partial charge in [-0.2, -0.15) is 4.98 Å². The van der Waals surface area contributed by atoms with Crippen LogP contribution in [0.5, 0.6) is 5.88 Å². The Morgan fingerprint density at radius 2 is 2.32 bits per heavy atom. The Hall–Kier alpha value is -1.36. The molecule has 1 fully saturated rings. The first-order valence-electron chi connectivity index (χ1n) is 7.09. The summed E-state index contributed by atoms with van der Waals surface area (Å²) >= 11 is 0. The summed E-state index contributed by atoms with van der Waals surface area (Å²) in [6.45, 7) is 7.80. The van der Waals surface area contributed by atoms with E-state index in [4.69, 9.17) is 4.74 Å². The maximum absolute atomic E-state index is 5.48. The summed E-state index contributed by atoms with van der Waals surface area (Å²) in [6, 6.07) is 1.88. The molecule has 1 saturated heterocycles. The lowest BCUT2D eigenvalue weighted by Gasteiger charge is -2.27. The molecule has 5 nitrogen and oxygen atoms in total. The standard InChI is InChI=1S/C14H24N4O/c1-4-19-13-8-11(2)16-14(17-13)18(3)10-12-6-5-7-15-9-12/h8,12,15H,4-7,9-10H2,1-3H3. The van der Waals surface area contributed by atoms with Gasteiger partial charge < -0.3 is 15.0 Å². The highest BCUT2D eigenvalue weighted by molar-refractivity contribution is 5.33. The zero-order valence-electron chi connectivity index (χ0n) is 12.1. The lowest BCUT2D eigenvalue weighted by Crippen LogP contribution is -2.37. The predicted octanol–water partition coefficient (Wildman–Crippen LogP) is 1.62. The summed E-state index contributed by atoms with van der Waals surface area (Å²) in [7, 11) is 2.05. The minimum absolute atomic E-state index is 0.631. The third kappa shape index (κ3) is 4.06. The molecule has 5 heteroatoms. The van der Waals surface area contributed by atoms with Crippen molar-refractivity contribution in [1.29, 1.82) is 0 Å². The summed E-state index contributed by atoms with van der Waals surface area (Å²) in [5.74, 6) is 2.10. The normalized spacial score (nSPS) is 19.2. The van der Waals surface area contributed by atoms with Crippen LogP contribution in [0.2, 0.25) is 0 Å². The van der Waals surface area contributed by atoms with E-state index in [-0.39, 0.29) is 0 Å². The van der Waals surface area contributed by atoms with Crippen molar-refractivity contribution < 1.29 is 4.74 Å². The quantitative estimate of drug-likeness (QED) is 0.876. The number of hydrogen-bond acceptors (Lipinski definition) is 5. The molecule has 1 aromatic rings. The second-order valence-corrected chi connectivity index (χ2v) is 5.17. The molecule has 0 amide bonds. The topological polar surface area (TPSA) is 50.3 Å². The van der Waals surface area contributed by atoms with Crippen molar-refractivity contribution in [2.45, 2.75) is 26.7 Å². The van der Waals surface area contributed by atoms with E-state index < -0.39 is 0 Å². The highest BCUT2D eigenvalue weighted by Gasteiger charge is 2.17. The molecule has 1 N–H and O–H groups in total. The highest BCUT2D eigenvalue weighted by atomic mass is 16.5. The van der Waals surface area contributed by atoms with E-state index in [2.05, 4.69) is 27.2 Å². The van der Waals surface area contributed by atoms with E-state index in [0.29, 0.717) is 18.4 Å². The SMILES string of the molecule is CCOc1cc(C)nc(N(C)CC2CCCNC2)n1. The molecular weight excluding hydrogens is 240 g/mol.